The quantitative estimate of drug-likeness (QED) is 0.839. The fourth-order valence-corrected chi connectivity index (χ4v) is 2.77. The molecule has 1 saturated carbocycles. The summed E-state index contributed by atoms with van der Waals surface area (Å²) in [6.45, 7) is 0. The Balaban J connectivity index is 1.59. The lowest BCUT2D eigenvalue weighted by molar-refractivity contribution is 0.315. The molecule has 4 nitrogen and oxygen atoms in total. The van der Waals surface area contributed by atoms with Crippen LogP contribution in [0, 0.1) is 5.92 Å². The maximum atomic E-state index is 5.32. The van der Waals surface area contributed by atoms with Crippen molar-refractivity contribution >= 4 is 0 Å². The molecule has 0 radical (unpaired) electrons. The monoisotopic (exact) mass is 257 g/mol. The van der Waals surface area contributed by atoms with Gasteiger partial charge < -0.3 is 4.52 Å². The first kappa shape index (κ1) is 12.3. The first-order valence-electron chi connectivity index (χ1n) is 7.15. The Labute approximate surface area is 113 Å². The van der Waals surface area contributed by atoms with Crippen LogP contribution in [0.3, 0.4) is 0 Å². The summed E-state index contributed by atoms with van der Waals surface area (Å²) >= 11 is 0. The molecule has 0 unspecified atom stereocenters. The van der Waals surface area contributed by atoms with E-state index in [4.69, 9.17) is 4.52 Å². The highest BCUT2D eigenvalue weighted by Crippen LogP contribution is 2.27. The van der Waals surface area contributed by atoms with Gasteiger partial charge >= 0.3 is 0 Å². The third-order valence-corrected chi connectivity index (χ3v) is 3.88. The summed E-state index contributed by atoms with van der Waals surface area (Å²) in [7, 11) is 0. The molecule has 0 spiro atoms. The Kier molecular flexibility index (Phi) is 3.86. The zero-order valence-corrected chi connectivity index (χ0v) is 11.1. The second-order valence-corrected chi connectivity index (χ2v) is 5.30. The zero-order chi connectivity index (χ0) is 12.9. The number of rotatable bonds is 4. The molecule has 0 amide bonds. The van der Waals surface area contributed by atoms with Gasteiger partial charge in [-0.05, 0) is 24.5 Å². The van der Waals surface area contributed by atoms with Gasteiger partial charge in [0.05, 0.1) is 0 Å². The van der Waals surface area contributed by atoms with Gasteiger partial charge in [-0.1, -0.05) is 37.3 Å². The number of hydrogen-bond donors (Lipinski definition) is 0. The maximum absolute atomic E-state index is 5.32. The van der Waals surface area contributed by atoms with Crippen LogP contribution >= 0.6 is 0 Å². The van der Waals surface area contributed by atoms with Crippen LogP contribution in [0.15, 0.2) is 29.0 Å². The molecule has 19 heavy (non-hydrogen) atoms. The highest BCUT2D eigenvalue weighted by molar-refractivity contribution is 5.51. The molecule has 3 rings (SSSR count). The van der Waals surface area contributed by atoms with Crippen LogP contribution < -0.4 is 0 Å². The van der Waals surface area contributed by atoms with E-state index in [1.54, 1.807) is 12.4 Å². The Hall–Kier alpha value is -1.71. The second-order valence-electron chi connectivity index (χ2n) is 5.30. The molecule has 2 aromatic heterocycles. The van der Waals surface area contributed by atoms with E-state index in [-0.39, 0.29) is 0 Å². The number of aryl methyl sites for hydroxylation is 1. The second kappa shape index (κ2) is 5.95. The van der Waals surface area contributed by atoms with Crippen molar-refractivity contribution in [2.24, 2.45) is 5.92 Å². The van der Waals surface area contributed by atoms with Crippen LogP contribution in [-0.4, -0.2) is 15.1 Å². The fourth-order valence-electron chi connectivity index (χ4n) is 2.77. The standard InChI is InChI=1S/C15H19N3O/c1-2-5-12(6-3-1)8-9-14-17-15(18-19-14)13-7-4-10-16-11-13/h4,7,10-12H,1-3,5-6,8-9H2. The summed E-state index contributed by atoms with van der Waals surface area (Å²) < 4.78 is 5.32. The summed E-state index contributed by atoms with van der Waals surface area (Å²) in [5.74, 6) is 2.25. The Morgan fingerprint density at radius 3 is 2.89 bits per heavy atom. The van der Waals surface area contributed by atoms with Gasteiger partial charge in [-0.3, -0.25) is 4.98 Å². The van der Waals surface area contributed by atoms with Gasteiger partial charge in [-0.2, -0.15) is 4.98 Å². The van der Waals surface area contributed by atoms with E-state index in [0.29, 0.717) is 5.82 Å². The van der Waals surface area contributed by atoms with Gasteiger partial charge in [-0.15, -0.1) is 0 Å². The van der Waals surface area contributed by atoms with Crippen LogP contribution in [0.4, 0.5) is 0 Å². The third-order valence-electron chi connectivity index (χ3n) is 3.88. The summed E-state index contributed by atoms with van der Waals surface area (Å²) in [6, 6.07) is 3.83. The maximum Gasteiger partial charge on any atom is 0.226 e. The van der Waals surface area contributed by atoms with Crippen LogP contribution in [0.1, 0.15) is 44.4 Å². The molecule has 1 fully saturated rings. The van der Waals surface area contributed by atoms with Crippen molar-refractivity contribution in [1.82, 2.24) is 15.1 Å². The molecule has 0 aliphatic heterocycles. The molecular formula is C15H19N3O. The molecule has 0 bridgehead atoms. The van der Waals surface area contributed by atoms with Gasteiger partial charge in [0.25, 0.3) is 0 Å². The minimum Gasteiger partial charge on any atom is -0.339 e. The van der Waals surface area contributed by atoms with Crippen molar-refractivity contribution in [2.45, 2.75) is 44.9 Å². The minimum atomic E-state index is 0.645. The largest absolute Gasteiger partial charge is 0.339 e. The van der Waals surface area contributed by atoms with Crippen LogP contribution in [0.5, 0.6) is 0 Å². The first-order chi connectivity index (χ1) is 9.42. The number of hydrogen-bond acceptors (Lipinski definition) is 4. The number of pyridine rings is 1. The van der Waals surface area contributed by atoms with Crippen LogP contribution in [0.25, 0.3) is 11.4 Å². The van der Waals surface area contributed by atoms with E-state index < -0.39 is 0 Å². The van der Waals surface area contributed by atoms with Gasteiger partial charge in [-0.25, -0.2) is 0 Å². The van der Waals surface area contributed by atoms with Gasteiger partial charge in [0, 0.05) is 24.4 Å². The zero-order valence-electron chi connectivity index (χ0n) is 11.1. The predicted molar refractivity (Wildman–Crippen MR) is 72.4 cm³/mol. The first-order valence-corrected chi connectivity index (χ1v) is 7.15. The lowest BCUT2D eigenvalue weighted by Gasteiger charge is -2.20. The van der Waals surface area contributed by atoms with Crippen LogP contribution in [0.2, 0.25) is 0 Å². The van der Waals surface area contributed by atoms with Gasteiger partial charge in [0.15, 0.2) is 0 Å². The smallest absolute Gasteiger partial charge is 0.226 e. The Morgan fingerprint density at radius 2 is 2.11 bits per heavy atom. The van der Waals surface area contributed by atoms with Crippen molar-refractivity contribution in [2.75, 3.05) is 0 Å². The number of aromatic nitrogens is 3. The van der Waals surface area contributed by atoms with Crippen molar-refractivity contribution in [3.63, 3.8) is 0 Å². The normalized spacial score (nSPS) is 16.6. The van der Waals surface area contributed by atoms with Crippen molar-refractivity contribution < 1.29 is 4.52 Å². The minimum absolute atomic E-state index is 0.645. The predicted octanol–water partition coefficient (Wildman–Crippen LogP) is 3.64. The lowest BCUT2D eigenvalue weighted by atomic mass is 9.86. The molecule has 100 valence electrons. The molecule has 0 N–H and O–H groups in total. The number of nitrogens with zero attached hydrogens (tertiary/aromatic N) is 3. The van der Waals surface area contributed by atoms with E-state index >= 15 is 0 Å². The Bertz CT molecular complexity index is 503. The SMILES string of the molecule is c1cncc(-c2noc(CCC3CCCCC3)n2)c1. The molecule has 0 aromatic carbocycles. The van der Waals surface area contributed by atoms with Crippen molar-refractivity contribution in [1.29, 1.82) is 0 Å². The van der Waals surface area contributed by atoms with E-state index in [9.17, 15) is 0 Å². The molecule has 0 saturated heterocycles. The summed E-state index contributed by atoms with van der Waals surface area (Å²) in [6.07, 6.45) is 12.5. The van der Waals surface area contributed by atoms with Gasteiger partial charge in [0.1, 0.15) is 0 Å². The van der Waals surface area contributed by atoms with Crippen molar-refractivity contribution in [3.8, 4) is 11.4 Å². The molecule has 1 aliphatic carbocycles. The van der Waals surface area contributed by atoms with Gasteiger partial charge in [0.2, 0.25) is 11.7 Å². The lowest BCUT2D eigenvalue weighted by Crippen LogP contribution is -2.07. The van der Waals surface area contributed by atoms with Crippen LogP contribution in [-0.2, 0) is 6.42 Å². The summed E-state index contributed by atoms with van der Waals surface area (Å²) in [4.78, 5) is 8.52. The molecule has 1 aliphatic rings. The summed E-state index contributed by atoms with van der Waals surface area (Å²) in [5, 5.41) is 4.02. The molecular weight excluding hydrogens is 238 g/mol. The average Bonchev–Trinajstić information content (AvgIpc) is 2.96. The molecule has 2 aromatic rings. The fraction of sp³-hybridized carbons (Fsp3) is 0.533. The van der Waals surface area contributed by atoms with E-state index in [0.717, 1.165) is 23.8 Å². The molecule has 2 heterocycles. The van der Waals surface area contributed by atoms with E-state index in [2.05, 4.69) is 15.1 Å². The molecule has 4 heteroatoms. The highest BCUT2D eigenvalue weighted by atomic mass is 16.5. The van der Waals surface area contributed by atoms with E-state index in [1.165, 1.54) is 38.5 Å². The third kappa shape index (κ3) is 3.19. The van der Waals surface area contributed by atoms with E-state index in [1.807, 2.05) is 12.1 Å². The highest BCUT2D eigenvalue weighted by Gasteiger charge is 2.15. The molecule has 0 atom stereocenters. The Morgan fingerprint density at radius 1 is 1.21 bits per heavy atom. The average molecular weight is 257 g/mol. The topological polar surface area (TPSA) is 51.8 Å². The summed E-state index contributed by atoms with van der Waals surface area (Å²) in [5.41, 5.74) is 0.912. The van der Waals surface area contributed by atoms with Crippen molar-refractivity contribution in [3.05, 3.63) is 30.4 Å².